The molecular formula is C12H24ClNO3. The Morgan fingerprint density at radius 2 is 1.94 bits per heavy atom. The van der Waals surface area contributed by atoms with E-state index in [2.05, 4.69) is 0 Å². The van der Waals surface area contributed by atoms with Gasteiger partial charge in [0, 0.05) is 6.42 Å². The molecule has 2 aliphatic heterocycles. The molecule has 2 fully saturated rings. The molecule has 0 saturated carbocycles. The first-order chi connectivity index (χ1) is 7.57. The van der Waals surface area contributed by atoms with Gasteiger partial charge in [-0.25, -0.2) is 0 Å². The van der Waals surface area contributed by atoms with Crippen LogP contribution in [-0.2, 0) is 9.47 Å². The number of hydrogen-bond acceptors (Lipinski definition) is 3. The zero-order chi connectivity index (χ0) is 11.6. The van der Waals surface area contributed by atoms with Gasteiger partial charge in [-0.05, 0) is 13.8 Å². The van der Waals surface area contributed by atoms with Crippen molar-refractivity contribution in [3.05, 3.63) is 0 Å². The van der Waals surface area contributed by atoms with Gasteiger partial charge in [-0.15, -0.1) is 0 Å². The van der Waals surface area contributed by atoms with E-state index >= 15 is 0 Å². The molecule has 0 aromatic carbocycles. The van der Waals surface area contributed by atoms with Gasteiger partial charge in [0.2, 0.25) is 0 Å². The number of morpholine rings is 1. The molecule has 0 radical (unpaired) electrons. The number of nitrogens with one attached hydrogen (secondary N) is 1. The minimum atomic E-state index is -0.209. The van der Waals surface area contributed by atoms with Gasteiger partial charge in [0.25, 0.3) is 0 Å². The highest BCUT2D eigenvalue weighted by Crippen LogP contribution is 2.26. The van der Waals surface area contributed by atoms with Crippen LogP contribution in [0.2, 0.25) is 0 Å². The number of aliphatic hydroxyl groups is 1. The lowest BCUT2D eigenvalue weighted by Crippen LogP contribution is -3.15. The Morgan fingerprint density at radius 3 is 2.53 bits per heavy atom. The Balaban J connectivity index is 0.00000144. The van der Waals surface area contributed by atoms with Crippen LogP contribution in [0.25, 0.3) is 0 Å². The maximum atomic E-state index is 10.1. The molecule has 2 rings (SSSR count). The minimum absolute atomic E-state index is 0. The minimum Gasteiger partial charge on any atom is -1.00 e. The van der Waals surface area contributed by atoms with E-state index in [1.165, 1.54) is 0 Å². The number of halogens is 1. The van der Waals surface area contributed by atoms with Gasteiger partial charge in [0.1, 0.15) is 13.1 Å². The number of hydrogen-bond donors (Lipinski definition) is 2. The third-order valence-corrected chi connectivity index (χ3v) is 3.68. The first-order valence-corrected chi connectivity index (χ1v) is 6.30. The van der Waals surface area contributed by atoms with Crippen molar-refractivity contribution in [1.29, 1.82) is 0 Å². The van der Waals surface area contributed by atoms with Gasteiger partial charge in [0.05, 0.1) is 44.0 Å². The van der Waals surface area contributed by atoms with Crippen molar-refractivity contribution in [3.63, 3.8) is 0 Å². The van der Waals surface area contributed by atoms with Crippen molar-refractivity contribution in [2.75, 3.05) is 39.5 Å². The third kappa shape index (κ3) is 4.38. The second kappa shape index (κ2) is 6.34. The maximum Gasteiger partial charge on any atom is 0.101 e. The summed E-state index contributed by atoms with van der Waals surface area (Å²) in [6.07, 6.45) is 0.542. The average molecular weight is 266 g/mol. The largest absolute Gasteiger partial charge is 1.00 e. The summed E-state index contributed by atoms with van der Waals surface area (Å²) in [5.74, 6) is 0.293. The van der Waals surface area contributed by atoms with Crippen LogP contribution in [0.5, 0.6) is 0 Å². The van der Waals surface area contributed by atoms with Gasteiger partial charge in [-0.2, -0.15) is 0 Å². The van der Waals surface area contributed by atoms with E-state index in [0.717, 1.165) is 39.3 Å². The van der Waals surface area contributed by atoms with Gasteiger partial charge >= 0.3 is 0 Å². The van der Waals surface area contributed by atoms with Crippen LogP contribution in [0, 0.1) is 5.92 Å². The Kier molecular flexibility index (Phi) is 5.67. The molecule has 2 aliphatic rings. The molecule has 4 nitrogen and oxygen atoms in total. The van der Waals surface area contributed by atoms with Crippen LogP contribution in [0.4, 0.5) is 0 Å². The molecule has 0 spiro atoms. The SMILES string of the molecule is CC1(C)CC(O)C(C[NH+]2CCOCC2)CO1.[Cl-]. The van der Waals surface area contributed by atoms with Crippen molar-refractivity contribution >= 4 is 0 Å². The molecule has 2 N–H and O–H groups in total. The van der Waals surface area contributed by atoms with Gasteiger partial charge in [-0.3, -0.25) is 0 Å². The Bertz CT molecular complexity index is 232. The zero-order valence-corrected chi connectivity index (χ0v) is 11.5. The molecule has 0 bridgehead atoms. The van der Waals surface area contributed by atoms with E-state index in [1.54, 1.807) is 4.90 Å². The molecule has 2 heterocycles. The van der Waals surface area contributed by atoms with Gasteiger partial charge in [0.15, 0.2) is 0 Å². The lowest BCUT2D eigenvalue weighted by atomic mass is 9.88. The average Bonchev–Trinajstić information content (AvgIpc) is 2.23. The molecule has 17 heavy (non-hydrogen) atoms. The van der Waals surface area contributed by atoms with Crippen molar-refractivity contribution in [3.8, 4) is 0 Å². The number of quaternary nitrogens is 1. The van der Waals surface area contributed by atoms with Crippen molar-refractivity contribution in [2.45, 2.75) is 32.0 Å². The van der Waals surface area contributed by atoms with Crippen LogP contribution in [-0.4, -0.2) is 56.3 Å². The number of ether oxygens (including phenoxy) is 2. The predicted octanol–water partition coefficient (Wildman–Crippen LogP) is -3.92. The smallest absolute Gasteiger partial charge is 0.101 e. The van der Waals surface area contributed by atoms with Crippen LogP contribution in [0.1, 0.15) is 20.3 Å². The maximum absolute atomic E-state index is 10.1. The number of aliphatic hydroxyl groups excluding tert-OH is 1. The molecule has 0 aliphatic carbocycles. The van der Waals surface area contributed by atoms with Crippen LogP contribution in [0.15, 0.2) is 0 Å². The van der Waals surface area contributed by atoms with Gasteiger partial charge in [-0.1, -0.05) is 0 Å². The molecule has 2 saturated heterocycles. The molecule has 2 atom stereocenters. The molecular weight excluding hydrogens is 242 g/mol. The molecule has 0 aromatic heterocycles. The van der Waals surface area contributed by atoms with E-state index < -0.39 is 0 Å². The summed E-state index contributed by atoms with van der Waals surface area (Å²) in [7, 11) is 0. The first kappa shape index (κ1) is 15.2. The summed E-state index contributed by atoms with van der Waals surface area (Å²) < 4.78 is 11.1. The molecule has 0 amide bonds. The first-order valence-electron chi connectivity index (χ1n) is 6.30. The summed E-state index contributed by atoms with van der Waals surface area (Å²) in [5.41, 5.74) is -0.156. The summed E-state index contributed by atoms with van der Waals surface area (Å²) in [5, 5.41) is 10.1. The summed E-state index contributed by atoms with van der Waals surface area (Å²) in [6, 6.07) is 0. The van der Waals surface area contributed by atoms with Crippen molar-refractivity contribution in [1.82, 2.24) is 0 Å². The third-order valence-electron chi connectivity index (χ3n) is 3.68. The lowest BCUT2D eigenvalue weighted by molar-refractivity contribution is -0.912. The monoisotopic (exact) mass is 265 g/mol. The van der Waals surface area contributed by atoms with Crippen LogP contribution >= 0.6 is 0 Å². The normalized spacial score (nSPS) is 34.1. The highest BCUT2D eigenvalue weighted by Gasteiger charge is 2.36. The van der Waals surface area contributed by atoms with E-state index in [4.69, 9.17) is 9.47 Å². The Morgan fingerprint density at radius 1 is 1.29 bits per heavy atom. The summed E-state index contributed by atoms with van der Waals surface area (Å²) in [6.45, 7) is 9.63. The highest BCUT2D eigenvalue weighted by molar-refractivity contribution is 4.83. The fourth-order valence-corrected chi connectivity index (χ4v) is 2.60. The van der Waals surface area contributed by atoms with Gasteiger partial charge < -0.3 is 31.9 Å². The van der Waals surface area contributed by atoms with Crippen molar-refractivity contribution in [2.24, 2.45) is 5.92 Å². The van der Waals surface area contributed by atoms with Crippen molar-refractivity contribution < 1.29 is 31.9 Å². The molecule has 5 heteroatoms. The van der Waals surface area contributed by atoms with E-state index in [-0.39, 0.29) is 24.1 Å². The Labute approximate surface area is 110 Å². The molecule has 0 aromatic rings. The van der Waals surface area contributed by atoms with Crippen LogP contribution < -0.4 is 17.3 Å². The lowest BCUT2D eigenvalue weighted by Gasteiger charge is -2.39. The topological polar surface area (TPSA) is 43.1 Å². The van der Waals surface area contributed by atoms with E-state index in [0.29, 0.717) is 12.5 Å². The van der Waals surface area contributed by atoms with E-state index in [1.807, 2.05) is 13.8 Å². The van der Waals surface area contributed by atoms with E-state index in [9.17, 15) is 5.11 Å². The predicted molar refractivity (Wildman–Crippen MR) is 60.5 cm³/mol. The van der Waals surface area contributed by atoms with Crippen LogP contribution in [0.3, 0.4) is 0 Å². The number of rotatable bonds is 2. The Hall–Kier alpha value is 0.130. The fourth-order valence-electron chi connectivity index (χ4n) is 2.60. The standard InChI is InChI=1S/C12H23NO3.ClH/c1-12(2)7-11(14)10(9-16-12)8-13-3-5-15-6-4-13;/h10-11,14H,3-9H2,1-2H3;1H. The highest BCUT2D eigenvalue weighted by atomic mass is 35.5. The molecule has 102 valence electrons. The zero-order valence-electron chi connectivity index (χ0n) is 10.7. The second-order valence-electron chi connectivity index (χ2n) is 5.67. The summed E-state index contributed by atoms with van der Waals surface area (Å²) >= 11 is 0. The quantitative estimate of drug-likeness (QED) is 0.536. The second-order valence-corrected chi connectivity index (χ2v) is 5.67. The fraction of sp³-hybridized carbons (Fsp3) is 1.00. The molecule has 2 unspecified atom stereocenters. The summed E-state index contributed by atoms with van der Waals surface area (Å²) in [4.78, 5) is 1.54.